The van der Waals surface area contributed by atoms with Crippen LogP contribution in [-0.2, 0) is 18.9 Å². The number of hydrogen-bond acceptors (Lipinski definition) is 9. The number of ether oxygens (including phenoxy) is 4. The van der Waals surface area contributed by atoms with Crippen molar-refractivity contribution in [2.45, 2.75) is 56.1 Å². The third-order valence-corrected chi connectivity index (χ3v) is 4.22. The normalized spacial score (nSPS) is 50.0. The minimum Gasteiger partial charge on any atom is -0.394 e. The van der Waals surface area contributed by atoms with Crippen molar-refractivity contribution in [3.8, 4) is 0 Å². The maximum atomic E-state index is 10.0. The number of hydrogen-bond donors (Lipinski definition) is 5. The maximum absolute atomic E-state index is 10.0. The number of methoxy groups -OCH3 is 1. The number of aliphatic hydroxyl groups is 5. The van der Waals surface area contributed by atoms with E-state index in [4.69, 9.17) is 18.9 Å². The monoisotopic (exact) mass is 324 g/mol. The molecular weight excluding hydrogens is 300 g/mol. The summed E-state index contributed by atoms with van der Waals surface area (Å²) in [6, 6.07) is 0. The molecule has 22 heavy (non-hydrogen) atoms. The van der Waals surface area contributed by atoms with Gasteiger partial charge in [-0.1, -0.05) is 6.92 Å². The lowest BCUT2D eigenvalue weighted by Crippen LogP contribution is -2.60. The molecule has 2 aliphatic heterocycles. The first-order valence-corrected chi connectivity index (χ1v) is 7.19. The first-order valence-electron chi connectivity index (χ1n) is 7.19. The van der Waals surface area contributed by atoms with Gasteiger partial charge >= 0.3 is 0 Å². The Kier molecular flexibility index (Phi) is 6.11. The molecule has 0 bridgehead atoms. The molecule has 9 heteroatoms. The first kappa shape index (κ1) is 18.0. The van der Waals surface area contributed by atoms with Crippen LogP contribution in [-0.4, -0.2) is 95.1 Å². The lowest BCUT2D eigenvalue weighted by Gasteiger charge is -2.44. The summed E-state index contributed by atoms with van der Waals surface area (Å²) in [5, 5.41) is 49.1. The average molecular weight is 324 g/mol. The van der Waals surface area contributed by atoms with Gasteiger partial charge in [0.1, 0.15) is 24.4 Å². The van der Waals surface area contributed by atoms with Crippen molar-refractivity contribution in [3.63, 3.8) is 0 Å². The molecule has 0 radical (unpaired) electrons. The zero-order valence-corrected chi connectivity index (χ0v) is 12.5. The zero-order chi connectivity index (χ0) is 16.4. The molecule has 9 atom stereocenters. The minimum atomic E-state index is -1.35. The molecule has 0 amide bonds. The summed E-state index contributed by atoms with van der Waals surface area (Å²) >= 11 is 0. The average Bonchev–Trinajstić information content (AvgIpc) is 2.52. The topological polar surface area (TPSA) is 138 Å². The highest BCUT2D eigenvalue weighted by atomic mass is 16.7. The number of aliphatic hydroxyl groups excluding tert-OH is 5. The molecule has 0 aromatic carbocycles. The van der Waals surface area contributed by atoms with E-state index in [1.165, 1.54) is 7.11 Å². The van der Waals surface area contributed by atoms with Gasteiger partial charge in [0, 0.05) is 13.0 Å². The highest BCUT2D eigenvalue weighted by molar-refractivity contribution is 4.89. The highest BCUT2D eigenvalue weighted by Gasteiger charge is 2.46. The van der Waals surface area contributed by atoms with Crippen LogP contribution in [0.25, 0.3) is 0 Å². The molecule has 2 fully saturated rings. The maximum Gasteiger partial charge on any atom is 0.186 e. The van der Waals surface area contributed by atoms with Crippen LogP contribution < -0.4 is 0 Å². The van der Waals surface area contributed by atoms with Gasteiger partial charge < -0.3 is 44.5 Å². The van der Waals surface area contributed by atoms with Crippen LogP contribution in [0, 0.1) is 5.92 Å². The quantitative estimate of drug-likeness (QED) is 0.370. The summed E-state index contributed by atoms with van der Waals surface area (Å²) in [6.07, 6.45) is -9.01. The minimum absolute atomic E-state index is 0.0846. The van der Waals surface area contributed by atoms with Gasteiger partial charge in [0.05, 0.1) is 25.4 Å². The van der Waals surface area contributed by atoms with Crippen LogP contribution in [0.4, 0.5) is 0 Å². The van der Waals surface area contributed by atoms with Gasteiger partial charge in [0.25, 0.3) is 0 Å². The second kappa shape index (κ2) is 7.47. The summed E-state index contributed by atoms with van der Waals surface area (Å²) in [5.74, 6) is -0.476. The second-order valence-corrected chi connectivity index (χ2v) is 5.66. The van der Waals surface area contributed by atoms with Crippen molar-refractivity contribution in [1.82, 2.24) is 0 Å². The van der Waals surface area contributed by atoms with E-state index < -0.39 is 55.1 Å². The molecule has 0 saturated carbocycles. The predicted molar refractivity (Wildman–Crippen MR) is 70.6 cm³/mol. The molecule has 0 aromatic heterocycles. The molecule has 2 aliphatic rings. The lowest BCUT2D eigenvalue weighted by molar-refractivity contribution is -0.336. The molecule has 130 valence electrons. The molecular formula is C13H24O9. The third-order valence-electron chi connectivity index (χ3n) is 4.22. The van der Waals surface area contributed by atoms with Gasteiger partial charge in [0.2, 0.25) is 0 Å². The van der Waals surface area contributed by atoms with E-state index in [2.05, 4.69) is 0 Å². The van der Waals surface area contributed by atoms with E-state index in [1.807, 2.05) is 0 Å². The Labute approximate surface area is 128 Å². The fourth-order valence-corrected chi connectivity index (χ4v) is 2.66. The van der Waals surface area contributed by atoms with Crippen LogP contribution >= 0.6 is 0 Å². The molecule has 2 rings (SSSR count). The van der Waals surface area contributed by atoms with Gasteiger partial charge in [-0.15, -0.1) is 0 Å². The molecule has 0 aliphatic carbocycles. The smallest absolute Gasteiger partial charge is 0.186 e. The lowest BCUT2D eigenvalue weighted by atomic mass is 9.91. The molecule has 5 N–H and O–H groups in total. The Morgan fingerprint density at radius 1 is 1.00 bits per heavy atom. The van der Waals surface area contributed by atoms with E-state index in [1.54, 1.807) is 6.92 Å². The summed E-state index contributed by atoms with van der Waals surface area (Å²) in [6.45, 7) is 1.21. The van der Waals surface area contributed by atoms with E-state index in [0.29, 0.717) is 0 Å². The van der Waals surface area contributed by atoms with Gasteiger partial charge in [0.15, 0.2) is 12.6 Å². The standard InChI is InChI=1S/C13H24O9/c1-5-6(3-14)21-13(10(17)8(5)15)22-7-4-20-12(19-2)11(18)9(7)16/h5-18H,3-4H2,1-2H3/t5?,6?,7-,8+,9?,10?,11?,12-,13?/m1/s1. The predicted octanol–water partition coefficient (Wildman–Crippen LogP) is -2.83. The van der Waals surface area contributed by atoms with Crippen LogP contribution in [0.5, 0.6) is 0 Å². The summed E-state index contributed by atoms with van der Waals surface area (Å²) < 4.78 is 20.9. The van der Waals surface area contributed by atoms with Crippen molar-refractivity contribution in [3.05, 3.63) is 0 Å². The van der Waals surface area contributed by atoms with Crippen LogP contribution in [0.2, 0.25) is 0 Å². The summed E-state index contributed by atoms with van der Waals surface area (Å²) in [4.78, 5) is 0. The Balaban J connectivity index is 2.00. The van der Waals surface area contributed by atoms with Crippen LogP contribution in [0.1, 0.15) is 6.92 Å². The second-order valence-electron chi connectivity index (χ2n) is 5.66. The fourth-order valence-electron chi connectivity index (χ4n) is 2.66. The number of rotatable bonds is 4. The van der Waals surface area contributed by atoms with E-state index in [9.17, 15) is 25.5 Å². The Hall–Kier alpha value is -0.360. The van der Waals surface area contributed by atoms with E-state index >= 15 is 0 Å². The van der Waals surface area contributed by atoms with Crippen LogP contribution in [0.3, 0.4) is 0 Å². The van der Waals surface area contributed by atoms with Crippen molar-refractivity contribution in [2.75, 3.05) is 20.3 Å². The molecule has 0 spiro atoms. The highest BCUT2D eigenvalue weighted by Crippen LogP contribution is 2.29. The summed E-state index contributed by atoms with van der Waals surface area (Å²) in [5.41, 5.74) is 0. The molecule has 0 aromatic rings. The van der Waals surface area contributed by atoms with E-state index in [0.717, 1.165) is 0 Å². The van der Waals surface area contributed by atoms with Crippen molar-refractivity contribution < 1.29 is 44.5 Å². The first-order chi connectivity index (χ1) is 10.4. The van der Waals surface area contributed by atoms with Crippen molar-refractivity contribution >= 4 is 0 Å². The van der Waals surface area contributed by atoms with Crippen molar-refractivity contribution in [2.24, 2.45) is 5.92 Å². The van der Waals surface area contributed by atoms with Crippen LogP contribution in [0.15, 0.2) is 0 Å². The fraction of sp³-hybridized carbons (Fsp3) is 1.00. The van der Waals surface area contributed by atoms with Gasteiger partial charge in [-0.05, 0) is 0 Å². The molecule has 2 saturated heterocycles. The van der Waals surface area contributed by atoms with Gasteiger partial charge in [-0.3, -0.25) is 0 Å². The van der Waals surface area contributed by atoms with Gasteiger partial charge in [-0.2, -0.15) is 0 Å². The van der Waals surface area contributed by atoms with Gasteiger partial charge in [-0.25, -0.2) is 0 Å². The molecule has 2 heterocycles. The van der Waals surface area contributed by atoms with Crippen molar-refractivity contribution in [1.29, 1.82) is 0 Å². The Bertz CT molecular complexity index is 352. The molecule has 9 nitrogen and oxygen atoms in total. The Morgan fingerprint density at radius 3 is 2.23 bits per heavy atom. The molecule has 6 unspecified atom stereocenters. The zero-order valence-electron chi connectivity index (χ0n) is 12.5. The summed E-state index contributed by atoms with van der Waals surface area (Å²) in [7, 11) is 1.33. The SMILES string of the molecule is CO[C@@H]1OC[C@@H](OC2OC(CO)C(C)[C@H](O)C2O)C(O)C1O. The third kappa shape index (κ3) is 3.42. The Morgan fingerprint density at radius 2 is 1.64 bits per heavy atom. The largest absolute Gasteiger partial charge is 0.394 e. The van der Waals surface area contributed by atoms with E-state index in [-0.39, 0.29) is 13.2 Å².